The van der Waals surface area contributed by atoms with E-state index in [0.717, 1.165) is 33.6 Å². The van der Waals surface area contributed by atoms with E-state index < -0.39 is 0 Å². The van der Waals surface area contributed by atoms with Crippen molar-refractivity contribution in [1.29, 1.82) is 0 Å². The molecule has 0 unspecified atom stereocenters. The Morgan fingerprint density at radius 1 is 0.429 bits per heavy atom. The van der Waals surface area contributed by atoms with Gasteiger partial charge in [-0.3, -0.25) is 0 Å². The van der Waals surface area contributed by atoms with E-state index in [0.29, 0.717) is 0 Å². The van der Waals surface area contributed by atoms with Crippen molar-refractivity contribution in [2.45, 2.75) is 0 Å². The summed E-state index contributed by atoms with van der Waals surface area (Å²) in [7, 11) is 0. The molecule has 2 nitrogen and oxygen atoms in total. The summed E-state index contributed by atoms with van der Waals surface area (Å²) in [6.45, 7) is 0. The lowest BCUT2D eigenvalue weighted by Gasteiger charge is -2.07. The van der Waals surface area contributed by atoms with Crippen molar-refractivity contribution in [1.82, 2.24) is 0 Å². The fourth-order valence-electron chi connectivity index (χ4n) is 3.25. The molecule has 4 N–H and O–H groups in total. The van der Waals surface area contributed by atoms with Gasteiger partial charge in [0.1, 0.15) is 0 Å². The van der Waals surface area contributed by atoms with Crippen LogP contribution in [0, 0.1) is 0 Å². The SMILES string of the molecule is Nc1ccccc1/C=C/c1cc2ccccc2cc1/C=C/c1ccccc1N. The third-order valence-corrected chi connectivity index (χ3v) is 4.83. The van der Waals surface area contributed by atoms with Gasteiger partial charge < -0.3 is 11.5 Å². The van der Waals surface area contributed by atoms with E-state index in [9.17, 15) is 0 Å². The van der Waals surface area contributed by atoms with Crippen LogP contribution in [0.15, 0.2) is 84.9 Å². The molecule has 0 saturated carbocycles. The summed E-state index contributed by atoms with van der Waals surface area (Å²) < 4.78 is 0. The number of rotatable bonds is 4. The third-order valence-electron chi connectivity index (χ3n) is 4.83. The monoisotopic (exact) mass is 362 g/mol. The zero-order valence-electron chi connectivity index (χ0n) is 15.5. The van der Waals surface area contributed by atoms with Gasteiger partial charge in [-0.05, 0) is 57.3 Å². The Kier molecular flexibility index (Phi) is 4.94. The zero-order chi connectivity index (χ0) is 19.3. The quantitative estimate of drug-likeness (QED) is 0.328. The molecule has 28 heavy (non-hydrogen) atoms. The molecule has 136 valence electrons. The highest BCUT2D eigenvalue weighted by molar-refractivity contribution is 5.92. The molecule has 0 amide bonds. The van der Waals surface area contributed by atoms with Gasteiger partial charge in [-0.2, -0.15) is 0 Å². The summed E-state index contributed by atoms with van der Waals surface area (Å²) in [4.78, 5) is 0. The van der Waals surface area contributed by atoms with Crippen LogP contribution in [0.2, 0.25) is 0 Å². The summed E-state index contributed by atoms with van der Waals surface area (Å²) in [6, 6.07) is 28.6. The topological polar surface area (TPSA) is 52.0 Å². The second kappa shape index (κ2) is 7.85. The first kappa shape index (κ1) is 17.6. The smallest absolute Gasteiger partial charge is 0.0387 e. The Bertz CT molecular complexity index is 1090. The Morgan fingerprint density at radius 3 is 1.21 bits per heavy atom. The highest BCUT2D eigenvalue weighted by atomic mass is 14.6. The highest BCUT2D eigenvalue weighted by Crippen LogP contribution is 2.25. The number of fused-ring (bicyclic) bond motifs is 1. The molecule has 0 spiro atoms. The van der Waals surface area contributed by atoms with Crippen LogP contribution in [0.5, 0.6) is 0 Å². The molecule has 0 radical (unpaired) electrons. The Hall–Kier alpha value is -3.78. The molecule has 0 aliphatic rings. The maximum Gasteiger partial charge on any atom is 0.0387 e. The second-order valence-electron chi connectivity index (χ2n) is 6.75. The summed E-state index contributed by atoms with van der Waals surface area (Å²) in [5.41, 5.74) is 18.0. The van der Waals surface area contributed by atoms with Crippen LogP contribution in [0.1, 0.15) is 22.3 Å². The van der Waals surface area contributed by atoms with E-state index in [1.54, 1.807) is 0 Å². The lowest BCUT2D eigenvalue weighted by molar-refractivity contribution is 1.63. The third kappa shape index (κ3) is 3.81. The number of nitrogen functional groups attached to an aromatic ring is 2. The molecule has 4 aromatic rings. The summed E-state index contributed by atoms with van der Waals surface area (Å²) in [6.07, 6.45) is 8.36. The second-order valence-corrected chi connectivity index (χ2v) is 6.75. The lowest BCUT2D eigenvalue weighted by Crippen LogP contribution is -1.89. The van der Waals surface area contributed by atoms with E-state index in [4.69, 9.17) is 11.5 Å². The van der Waals surface area contributed by atoms with Gasteiger partial charge in [-0.1, -0.05) is 85.0 Å². The first-order valence-electron chi connectivity index (χ1n) is 9.29. The van der Waals surface area contributed by atoms with E-state index >= 15 is 0 Å². The van der Waals surface area contributed by atoms with E-state index in [2.05, 4.69) is 60.7 Å². The number of nitrogens with two attached hydrogens (primary N) is 2. The molecule has 4 rings (SSSR count). The van der Waals surface area contributed by atoms with Crippen LogP contribution < -0.4 is 11.5 Å². The lowest BCUT2D eigenvalue weighted by atomic mass is 9.98. The summed E-state index contributed by atoms with van der Waals surface area (Å²) in [5, 5.41) is 2.42. The number of para-hydroxylation sites is 2. The average molecular weight is 362 g/mol. The highest BCUT2D eigenvalue weighted by Gasteiger charge is 2.02. The van der Waals surface area contributed by atoms with E-state index in [-0.39, 0.29) is 0 Å². The predicted octanol–water partition coefficient (Wildman–Crippen LogP) is 6.35. The molecular weight excluding hydrogens is 340 g/mol. The average Bonchev–Trinajstić information content (AvgIpc) is 2.72. The van der Waals surface area contributed by atoms with Crippen LogP contribution in [-0.4, -0.2) is 0 Å². The van der Waals surface area contributed by atoms with Crippen molar-refractivity contribution in [2.24, 2.45) is 0 Å². The number of anilines is 2. The number of benzene rings is 4. The van der Waals surface area contributed by atoms with Crippen LogP contribution in [0.4, 0.5) is 11.4 Å². The van der Waals surface area contributed by atoms with Crippen LogP contribution in [0.25, 0.3) is 35.1 Å². The Balaban J connectivity index is 1.79. The Morgan fingerprint density at radius 2 is 0.786 bits per heavy atom. The van der Waals surface area contributed by atoms with Crippen molar-refractivity contribution >= 4 is 46.5 Å². The van der Waals surface area contributed by atoms with Gasteiger partial charge in [0.2, 0.25) is 0 Å². The van der Waals surface area contributed by atoms with Crippen molar-refractivity contribution in [2.75, 3.05) is 11.5 Å². The molecule has 0 aromatic heterocycles. The largest absolute Gasteiger partial charge is 0.398 e. The van der Waals surface area contributed by atoms with Gasteiger partial charge in [-0.25, -0.2) is 0 Å². The minimum Gasteiger partial charge on any atom is -0.398 e. The van der Waals surface area contributed by atoms with Gasteiger partial charge >= 0.3 is 0 Å². The van der Waals surface area contributed by atoms with Crippen molar-refractivity contribution < 1.29 is 0 Å². The van der Waals surface area contributed by atoms with E-state index in [1.165, 1.54) is 10.8 Å². The van der Waals surface area contributed by atoms with Crippen LogP contribution in [-0.2, 0) is 0 Å². The maximum absolute atomic E-state index is 6.09. The Labute approximate surface area is 165 Å². The van der Waals surface area contributed by atoms with E-state index in [1.807, 2.05) is 48.5 Å². The summed E-state index contributed by atoms with van der Waals surface area (Å²) in [5.74, 6) is 0. The van der Waals surface area contributed by atoms with Gasteiger partial charge in [0.15, 0.2) is 0 Å². The van der Waals surface area contributed by atoms with Crippen LogP contribution in [0.3, 0.4) is 0 Å². The standard InChI is InChI=1S/C26H22N2/c27-25-11-5-3-7-19(25)13-15-23-17-21-9-1-2-10-22(21)18-24(23)16-14-20-8-4-6-12-26(20)28/h1-18H,27-28H2/b15-13+,16-14+. The fourth-order valence-corrected chi connectivity index (χ4v) is 3.25. The van der Waals surface area contributed by atoms with Crippen molar-refractivity contribution in [3.63, 3.8) is 0 Å². The van der Waals surface area contributed by atoms with Gasteiger partial charge in [0, 0.05) is 11.4 Å². The summed E-state index contributed by atoms with van der Waals surface area (Å²) >= 11 is 0. The molecule has 0 fully saturated rings. The molecule has 2 heteroatoms. The molecule has 0 saturated heterocycles. The molecule has 4 aromatic carbocycles. The molecule has 0 aliphatic heterocycles. The molecular formula is C26H22N2. The number of hydrogen-bond donors (Lipinski definition) is 2. The molecule has 0 heterocycles. The van der Waals surface area contributed by atoms with Gasteiger partial charge in [0.25, 0.3) is 0 Å². The minimum atomic E-state index is 0.772. The van der Waals surface area contributed by atoms with Gasteiger partial charge in [0.05, 0.1) is 0 Å². The molecule has 0 bridgehead atoms. The minimum absolute atomic E-state index is 0.772. The zero-order valence-corrected chi connectivity index (χ0v) is 15.5. The molecule has 0 aliphatic carbocycles. The molecule has 0 atom stereocenters. The maximum atomic E-state index is 6.09. The normalized spacial score (nSPS) is 11.6. The number of hydrogen-bond acceptors (Lipinski definition) is 2. The van der Waals surface area contributed by atoms with Crippen LogP contribution >= 0.6 is 0 Å². The first-order valence-corrected chi connectivity index (χ1v) is 9.29. The predicted molar refractivity (Wildman–Crippen MR) is 124 cm³/mol. The van der Waals surface area contributed by atoms with Crippen molar-refractivity contribution in [3.8, 4) is 0 Å². The fraction of sp³-hybridized carbons (Fsp3) is 0. The van der Waals surface area contributed by atoms with Gasteiger partial charge in [-0.15, -0.1) is 0 Å². The first-order chi connectivity index (χ1) is 13.7. The van der Waals surface area contributed by atoms with Crippen molar-refractivity contribution in [3.05, 3.63) is 107 Å².